The van der Waals surface area contributed by atoms with E-state index < -0.39 is 52.8 Å². The normalized spacial score (nSPS) is 7.35. The summed E-state index contributed by atoms with van der Waals surface area (Å²) in [6.07, 6.45) is 20.5. The molecule has 0 bridgehead atoms. The summed E-state index contributed by atoms with van der Waals surface area (Å²) >= 11 is 6.69. The molecule has 6 radical (unpaired) electrons. The number of thioether (sulfide) groups is 1. The van der Waals surface area contributed by atoms with Gasteiger partial charge in [0.15, 0.2) is 0 Å². The summed E-state index contributed by atoms with van der Waals surface area (Å²) in [5.41, 5.74) is 0. The molecule has 0 aromatic carbocycles. The van der Waals surface area contributed by atoms with Crippen LogP contribution in [-0.4, -0.2) is 212 Å². The van der Waals surface area contributed by atoms with Crippen LogP contribution in [0.3, 0.4) is 0 Å². The van der Waals surface area contributed by atoms with E-state index in [4.69, 9.17) is 16.6 Å². The molecule has 0 unspecified atom stereocenters. The van der Waals surface area contributed by atoms with Gasteiger partial charge in [-0.2, -0.15) is 22.2 Å². The Labute approximate surface area is 617 Å². The van der Waals surface area contributed by atoms with Gasteiger partial charge >= 0.3 is 0 Å². The Morgan fingerprint density at radius 1 is 0.600 bits per heavy atom. The second kappa shape index (κ2) is 149. The smallest absolute Gasteiger partial charge is 0.144 e. The first-order valence-electron chi connectivity index (χ1n) is 17.5. The van der Waals surface area contributed by atoms with Gasteiger partial charge in [0, 0.05) is 208 Å². The Kier molecular flexibility index (Phi) is 427. The zero-order chi connectivity index (χ0) is 50.2. The number of hydrogen-bond acceptors (Lipinski definition) is 7. The molecule has 6 nitrogen and oxygen atoms in total. The standard InChI is InChI=1S/2C3H9B.C3H8NS.C3H9OP.C3H8OS.C3H9PS.2C3H9P.C3H8S.C3H9Si.C2H6O2S.C2H6OS.C2H6S.15CH4.4Y/c2*1-4(2)3;3*1-5(2,3)4;1-4(2,3)5;4*1-4(2)3;1-5(2,3)4;1-4(2)3;1-3-2;;;;;;;;;;;;;;;;;;;/h2*1-3H3;1H2,2-3H3;1-3H3;1H2,2-3H3;1-3H3;2*1-3H3;1H2,2-3H3;1-3H3;1-2H3;1-2H3;1-2H3;15*1H4;;;;/q;2*-1;;;;;;;;;;;;;;;;;;;;;;;;;;;;;/p+1. The molecule has 0 spiro atoms. The third-order valence-corrected chi connectivity index (χ3v) is 0. The van der Waals surface area contributed by atoms with Crippen LogP contribution in [0.5, 0.6) is 0 Å². The fraction of sp³-hybridized carbons (Fsp3) is 0.941. The van der Waals surface area contributed by atoms with Gasteiger partial charge in [-0.05, 0) is 121 Å². The van der Waals surface area contributed by atoms with Crippen molar-refractivity contribution >= 4 is 142 Å². The van der Waals surface area contributed by atoms with E-state index in [2.05, 4.69) is 151 Å². The summed E-state index contributed by atoms with van der Waals surface area (Å²) in [6.45, 7) is 46.5. The van der Waals surface area contributed by atoms with Crippen molar-refractivity contribution in [3.05, 3.63) is 4.78 Å². The van der Waals surface area contributed by atoms with E-state index in [9.17, 15) is 21.4 Å². The van der Waals surface area contributed by atoms with Gasteiger partial charge in [0.1, 0.15) is 16.6 Å². The average molecular weight is 1630 g/mol. The maximum absolute atomic E-state index is 10.2. The molecule has 0 aliphatic rings. The zero-order valence-corrected chi connectivity index (χ0v) is 68.0. The maximum Gasteiger partial charge on any atom is 0.144 e. The monoisotopic (exact) mass is 1630 g/mol. The molecular formula is C51H166B2NO5P4S7SiY4-. The van der Waals surface area contributed by atoms with Crippen molar-refractivity contribution in [1.29, 1.82) is 0 Å². The second-order valence-corrected chi connectivity index (χ2v) is 49.7. The fourth-order valence-electron chi connectivity index (χ4n) is 0. The molecule has 0 aliphatic carbocycles. The van der Waals surface area contributed by atoms with E-state index in [1.165, 1.54) is 0 Å². The molecule has 0 amide bonds. The summed E-state index contributed by atoms with van der Waals surface area (Å²) in [4.78, 5) is 0. The molecule has 75 heavy (non-hydrogen) atoms. The van der Waals surface area contributed by atoms with Crippen LogP contribution in [0.2, 0.25) is 60.6 Å². The second-order valence-electron chi connectivity index (χ2n) is 17.8. The Morgan fingerprint density at radius 3 is 0.600 bits per heavy atom. The summed E-state index contributed by atoms with van der Waals surface area (Å²) in [7, 11) is -6.99. The van der Waals surface area contributed by atoms with E-state index in [1.54, 1.807) is 69.3 Å². The van der Waals surface area contributed by atoms with Crippen LogP contribution < -0.4 is 0 Å². The van der Waals surface area contributed by atoms with Gasteiger partial charge < -0.3 is 18.8 Å². The van der Waals surface area contributed by atoms with Crippen molar-refractivity contribution in [1.82, 2.24) is 0 Å². The predicted octanol–water partition coefficient (Wildman–Crippen LogP) is 20.8. The van der Waals surface area contributed by atoms with Crippen LogP contribution in [0.15, 0.2) is 0 Å². The van der Waals surface area contributed by atoms with Crippen LogP contribution in [0.4, 0.5) is 0 Å². The Balaban J connectivity index is -0.00000000873. The first-order chi connectivity index (χ1) is 23.5. The molecule has 0 rings (SSSR count). The Morgan fingerprint density at radius 2 is 0.600 bits per heavy atom. The van der Waals surface area contributed by atoms with Crippen LogP contribution in [0.1, 0.15) is 111 Å². The van der Waals surface area contributed by atoms with Crippen LogP contribution in [0.25, 0.3) is 4.78 Å². The van der Waals surface area contributed by atoms with E-state index in [1.807, 2.05) is 12.5 Å². The van der Waals surface area contributed by atoms with Gasteiger partial charge in [0.2, 0.25) is 0 Å². The van der Waals surface area contributed by atoms with Crippen molar-refractivity contribution in [2.75, 3.05) is 155 Å². The molecule has 0 atom stereocenters. The van der Waals surface area contributed by atoms with Gasteiger partial charge in [-0.15, -0.1) is 14.6 Å². The molecule has 0 fully saturated rings. The van der Waals surface area contributed by atoms with Crippen molar-refractivity contribution < 1.29 is 152 Å². The largest absolute Gasteiger partial charge is 0.784 e. The van der Waals surface area contributed by atoms with E-state index in [0.29, 0.717) is 18.4 Å². The summed E-state index contributed by atoms with van der Waals surface area (Å²) < 4.78 is 57.6. The molecule has 0 aromatic rings. The third kappa shape index (κ3) is 9800. The molecule has 0 N–H and O–H groups in total. The van der Waals surface area contributed by atoms with Gasteiger partial charge in [-0.25, -0.2) is 28.9 Å². The van der Waals surface area contributed by atoms with Crippen molar-refractivity contribution in [2.24, 2.45) is 0 Å². The van der Waals surface area contributed by atoms with Crippen molar-refractivity contribution in [3.8, 4) is 0 Å². The molecule has 0 saturated heterocycles. The van der Waals surface area contributed by atoms with Gasteiger partial charge in [0.25, 0.3) is 0 Å². The molecule has 0 aromatic heterocycles. The maximum atomic E-state index is 10.2. The first-order valence-corrected chi connectivity index (χ1v) is 46.6. The number of sulfone groups is 1. The molecule has 0 aliphatic heterocycles. The number of nitrogens with zero attached hydrogens (tertiary/aromatic N) is 1. The number of rotatable bonds is 0. The van der Waals surface area contributed by atoms with E-state index in [0.717, 1.165) is 25.9 Å². The predicted molar refractivity (Wildman–Crippen MR) is 423 cm³/mol. The van der Waals surface area contributed by atoms with E-state index >= 15 is 0 Å². The summed E-state index contributed by atoms with van der Waals surface area (Å²) in [5, 5.41) is 0. The van der Waals surface area contributed by atoms with Crippen LogP contribution in [0, 0.1) is 0 Å². The summed E-state index contributed by atoms with van der Waals surface area (Å²) in [6, 6.07) is -0.806. The molecule has 0 saturated carbocycles. The minimum absolute atomic E-state index is 0. The van der Waals surface area contributed by atoms with Gasteiger partial charge in [-0.1, -0.05) is 181 Å². The topological polar surface area (TPSA) is 108 Å². The van der Waals surface area contributed by atoms with Crippen LogP contribution in [-0.2, 0) is 187 Å². The minimum Gasteiger partial charge on any atom is -0.784 e. The Bertz CT molecular complexity index is 1020. The molecule has 24 heteroatoms. The van der Waals surface area contributed by atoms with Crippen molar-refractivity contribution in [2.45, 2.75) is 172 Å². The first kappa shape index (κ1) is 215. The number of hydrogen-bond donors (Lipinski definition) is 0. The van der Waals surface area contributed by atoms with Gasteiger partial charge in [0.05, 0.1) is 7.14 Å². The fourth-order valence-corrected chi connectivity index (χ4v) is 0. The Hall–Kier alpha value is 7.21. The zero-order valence-electron chi connectivity index (χ0n) is 46.3. The quantitative estimate of drug-likeness (QED) is 0.135. The average Bonchev–Trinajstić information content (AvgIpc) is 2.64. The minimum atomic E-state index is -2.67. The summed E-state index contributed by atoms with van der Waals surface area (Å²) in [5.74, 6) is 10.4. The van der Waals surface area contributed by atoms with E-state index in [-0.39, 0.29) is 259 Å². The molecule has 0 heterocycles. The third-order valence-electron chi connectivity index (χ3n) is 0. The van der Waals surface area contributed by atoms with Gasteiger partial charge in [-0.3, -0.25) is 8.42 Å². The van der Waals surface area contributed by atoms with Crippen LogP contribution >= 0.6 is 51.3 Å². The molecular weight excluding hydrogens is 1460 g/mol. The SMILES string of the molecule is C.C.C.C.C.C.C.C.C.C.C.C.C.C.C.C=S(C)(C)=O.C=S(C)(C)=[N-].C=S(C)C.CB(C)C.CP(C)(C)=O.CP(C)(C)=S.CP(C)C.CS(C)(=O)=O.CS(C)=O.CSC.C[B-](C)C.C[PH+](C)C.C[Si](C)C.[Y].[Y].[Y].[Y]. The van der Waals surface area contributed by atoms with Crippen molar-refractivity contribution in [3.63, 3.8) is 0 Å². The molecule has 490 valence electrons.